The van der Waals surface area contributed by atoms with Gasteiger partial charge in [0.1, 0.15) is 0 Å². The molecule has 2 aliphatic rings. The number of ketones is 1. The Morgan fingerprint density at radius 3 is 2.62 bits per heavy atom. The molecule has 1 aliphatic carbocycles. The number of para-hydroxylation sites is 2. The van der Waals surface area contributed by atoms with Crippen molar-refractivity contribution in [3.8, 4) is 0 Å². The van der Waals surface area contributed by atoms with Gasteiger partial charge in [-0.2, -0.15) is 0 Å². The number of imidazole rings is 1. The van der Waals surface area contributed by atoms with Crippen LogP contribution in [0.2, 0.25) is 0 Å². The number of fused-ring (bicyclic) bond motifs is 3. The molecule has 142 valence electrons. The van der Waals surface area contributed by atoms with E-state index in [-0.39, 0.29) is 17.7 Å². The van der Waals surface area contributed by atoms with Crippen LogP contribution >= 0.6 is 11.3 Å². The highest BCUT2D eigenvalue weighted by atomic mass is 32.1. The summed E-state index contributed by atoms with van der Waals surface area (Å²) in [6.45, 7) is 0. The van der Waals surface area contributed by atoms with Gasteiger partial charge in [-0.3, -0.25) is 9.36 Å². The number of hydrogen-bond donors (Lipinski definition) is 1. The normalized spacial score (nSPS) is 21.0. The van der Waals surface area contributed by atoms with Crippen molar-refractivity contribution in [1.29, 1.82) is 0 Å². The fourth-order valence-electron chi connectivity index (χ4n) is 4.70. The molecule has 0 radical (unpaired) electrons. The maximum absolute atomic E-state index is 13.5. The maximum Gasteiger partial charge on any atom is 0.209 e. The van der Waals surface area contributed by atoms with E-state index in [1.165, 1.54) is 4.88 Å². The number of carbonyl (C=O) groups excluding carboxylic acids is 1. The SMILES string of the molecule is O=C1C[C@H](c2cccs2)CC2=C1[C@H](c1ccccc1)n1c(nc3ccccc31)N2. The molecule has 2 aromatic carbocycles. The summed E-state index contributed by atoms with van der Waals surface area (Å²) < 4.78 is 2.19. The third-order valence-electron chi connectivity index (χ3n) is 5.96. The largest absolute Gasteiger partial charge is 0.329 e. The van der Waals surface area contributed by atoms with Gasteiger partial charge in [-0.15, -0.1) is 11.3 Å². The fourth-order valence-corrected chi connectivity index (χ4v) is 5.53. The van der Waals surface area contributed by atoms with Gasteiger partial charge in [0.05, 0.1) is 17.1 Å². The lowest BCUT2D eigenvalue weighted by Gasteiger charge is -2.36. The van der Waals surface area contributed by atoms with Crippen molar-refractivity contribution in [1.82, 2.24) is 9.55 Å². The Morgan fingerprint density at radius 1 is 0.966 bits per heavy atom. The Balaban J connectivity index is 1.56. The van der Waals surface area contributed by atoms with Crippen LogP contribution in [0.5, 0.6) is 0 Å². The Kier molecular flexibility index (Phi) is 3.71. The molecule has 0 fully saturated rings. The van der Waals surface area contributed by atoms with E-state index in [4.69, 9.17) is 4.98 Å². The van der Waals surface area contributed by atoms with E-state index in [0.717, 1.165) is 40.2 Å². The standard InChI is InChI=1S/C24H19N3OS/c28-20-14-16(21-11-6-12-29-21)13-18-22(20)23(15-7-2-1-3-8-15)27-19-10-5-4-9-17(19)25-24(27)26-18/h1-12,16,23H,13-14H2,(H,25,26)/t16-,23+/m1/s1. The monoisotopic (exact) mass is 397 g/mol. The molecule has 0 amide bonds. The highest BCUT2D eigenvalue weighted by Crippen LogP contribution is 2.46. The lowest BCUT2D eigenvalue weighted by Crippen LogP contribution is -2.32. The van der Waals surface area contributed by atoms with Crippen LogP contribution in [0, 0.1) is 0 Å². The number of anilines is 1. The minimum absolute atomic E-state index is 0.147. The first-order valence-corrected chi connectivity index (χ1v) is 10.8. The van der Waals surface area contributed by atoms with Gasteiger partial charge in [0.25, 0.3) is 0 Å². The second kappa shape index (κ2) is 6.42. The van der Waals surface area contributed by atoms with Crippen molar-refractivity contribution in [2.24, 2.45) is 0 Å². The molecular formula is C24H19N3OS. The first-order valence-electron chi connectivity index (χ1n) is 9.88. The molecule has 0 spiro atoms. The number of hydrogen-bond acceptors (Lipinski definition) is 4. The third-order valence-corrected chi connectivity index (χ3v) is 6.99. The molecule has 1 N–H and O–H groups in total. The molecule has 2 aromatic heterocycles. The number of Topliss-reactive ketones (excluding diaryl/α,β-unsaturated/α-hetero) is 1. The zero-order chi connectivity index (χ0) is 19.4. The van der Waals surface area contributed by atoms with Crippen molar-refractivity contribution in [3.63, 3.8) is 0 Å². The number of allylic oxidation sites excluding steroid dienone is 2. The van der Waals surface area contributed by atoms with Gasteiger partial charge in [-0.1, -0.05) is 48.5 Å². The van der Waals surface area contributed by atoms with Gasteiger partial charge in [0, 0.05) is 28.5 Å². The lowest BCUT2D eigenvalue weighted by molar-refractivity contribution is -0.116. The summed E-state index contributed by atoms with van der Waals surface area (Å²) in [7, 11) is 0. The number of aromatic nitrogens is 2. The number of carbonyl (C=O) groups is 1. The van der Waals surface area contributed by atoms with Gasteiger partial charge in [-0.05, 0) is 35.6 Å². The molecule has 6 rings (SSSR count). The Bertz CT molecular complexity index is 1250. The van der Waals surface area contributed by atoms with Crippen LogP contribution < -0.4 is 5.32 Å². The van der Waals surface area contributed by atoms with E-state index in [0.29, 0.717) is 6.42 Å². The molecule has 2 atom stereocenters. The zero-order valence-corrected chi connectivity index (χ0v) is 16.5. The zero-order valence-electron chi connectivity index (χ0n) is 15.7. The average Bonchev–Trinajstić information content (AvgIpc) is 3.40. The molecule has 0 saturated heterocycles. The van der Waals surface area contributed by atoms with Crippen LogP contribution in [0.25, 0.3) is 11.0 Å². The minimum Gasteiger partial charge on any atom is -0.329 e. The molecule has 5 heteroatoms. The summed E-state index contributed by atoms with van der Waals surface area (Å²) in [6, 6.07) is 22.5. The second-order valence-electron chi connectivity index (χ2n) is 7.67. The molecule has 0 bridgehead atoms. The topological polar surface area (TPSA) is 46.9 Å². The molecular weight excluding hydrogens is 378 g/mol. The predicted molar refractivity (Wildman–Crippen MR) is 116 cm³/mol. The van der Waals surface area contributed by atoms with Crippen molar-refractivity contribution in [2.45, 2.75) is 24.8 Å². The molecule has 4 aromatic rings. The quantitative estimate of drug-likeness (QED) is 0.485. The molecule has 0 saturated carbocycles. The van der Waals surface area contributed by atoms with Crippen LogP contribution in [0.1, 0.15) is 35.2 Å². The predicted octanol–water partition coefficient (Wildman–Crippen LogP) is 5.51. The molecule has 3 heterocycles. The number of benzene rings is 2. The van der Waals surface area contributed by atoms with Crippen LogP contribution in [0.3, 0.4) is 0 Å². The van der Waals surface area contributed by atoms with Crippen molar-refractivity contribution >= 4 is 34.1 Å². The maximum atomic E-state index is 13.5. The molecule has 1 aliphatic heterocycles. The van der Waals surface area contributed by atoms with Gasteiger partial charge < -0.3 is 5.32 Å². The van der Waals surface area contributed by atoms with Crippen molar-refractivity contribution in [2.75, 3.05) is 5.32 Å². The number of rotatable bonds is 2. The number of nitrogens with one attached hydrogen (secondary N) is 1. The van der Waals surface area contributed by atoms with E-state index in [2.05, 4.69) is 45.6 Å². The van der Waals surface area contributed by atoms with E-state index in [1.54, 1.807) is 11.3 Å². The summed E-state index contributed by atoms with van der Waals surface area (Å²) in [5.41, 5.74) is 5.02. The van der Waals surface area contributed by atoms with E-state index in [1.807, 2.05) is 36.4 Å². The lowest BCUT2D eigenvalue weighted by atomic mass is 9.80. The minimum atomic E-state index is -0.147. The van der Waals surface area contributed by atoms with Crippen molar-refractivity contribution in [3.05, 3.63) is 93.8 Å². The van der Waals surface area contributed by atoms with Gasteiger partial charge in [0.15, 0.2) is 5.78 Å². The summed E-state index contributed by atoms with van der Waals surface area (Å²) in [5.74, 6) is 1.29. The summed E-state index contributed by atoms with van der Waals surface area (Å²) >= 11 is 1.73. The third kappa shape index (κ3) is 2.58. The van der Waals surface area contributed by atoms with E-state index in [9.17, 15) is 4.79 Å². The fraction of sp³-hybridized carbons (Fsp3) is 0.167. The van der Waals surface area contributed by atoms with Gasteiger partial charge in [0.2, 0.25) is 5.95 Å². The average molecular weight is 398 g/mol. The van der Waals surface area contributed by atoms with E-state index >= 15 is 0 Å². The smallest absolute Gasteiger partial charge is 0.209 e. The van der Waals surface area contributed by atoms with E-state index < -0.39 is 0 Å². The first kappa shape index (κ1) is 16.7. The van der Waals surface area contributed by atoms with Gasteiger partial charge in [-0.25, -0.2) is 4.98 Å². The van der Waals surface area contributed by atoms with Crippen molar-refractivity contribution < 1.29 is 4.79 Å². The molecule has 29 heavy (non-hydrogen) atoms. The van der Waals surface area contributed by atoms with Crippen LogP contribution in [-0.2, 0) is 4.79 Å². The number of thiophene rings is 1. The molecule has 0 unspecified atom stereocenters. The van der Waals surface area contributed by atoms with Crippen LogP contribution in [0.15, 0.2) is 83.4 Å². The second-order valence-corrected chi connectivity index (χ2v) is 8.65. The number of nitrogens with zero attached hydrogens (tertiary/aromatic N) is 2. The van der Waals surface area contributed by atoms with Crippen LogP contribution in [-0.4, -0.2) is 15.3 Å². The van der Waals surface area contributed by atoms with Gasteiger partial charge >= 0.3 is 0 Å². The summed E-state index contributed by atoms with van der Waals surface area (Å²) in [5, 5.41) is 5.61. The summed E-state index contributed by atoms with van der Waals surface area (Å²) in [6.07, 6.45) is 1.40. The Hall–Kier alpha value is -3.18. The van der Waals surface area contributed by atoms with Crippen LogP contribution in [0.4, 0.5) is 5.95 Å². The Labute approximate surface area is 172 Å². The highest BCUT2D eigenvalue weighted by molar-refractivity contribution is 7.10. The first-order chi connectivity index (χ1) is 14.3. The highest BCUT2D eigenvalue weighted by Gasteiger charge is 2.39. The Morgan fingerprint density at radius 2 is 1.79 bits per heavy atom. The molecule has 4 nitrogen and oxygen atoms in total. The summed E-state index contributed by atoms with van der Waals surface area (Å²) in [4.78, 5) is 19.6.